The van der Waals surface area contributed by atoms with E-state index >= 15 is 0 Å². The van der Waals surface area contributed by atoms with E-state index in [1.54, 1.807) is 7.11 Å². The lowest BCUT2D eigenvalue weighted by Crippen LogP contribution is -2.30. The summed E-state index contributed by atoms with van der Waals surface area (Å²) in [5, 5.41) is 8.96. The number of nitrogens with zero attached hydrogens (tertiary/aromatic N) is 2. The van der Waals surface area contributed by atoms with E-state index in [0.717, 1.165) is 35.5 Å². The van der Waals surface area contributed by atoms with E-state index in [1.807, 2.05) is 42.5 Å². The van der Waals surface area contributed by atoms with Gasteiger partial charge in [-0.2, -0.15) is 5.26 Å². The van der Waals surface area contributed by atoms with Crippen LogP contribution in [-0.2, 0) is 6.54 Å². The van der Waals surface area contributed by atoms with Crippen LogP contribution in [0.5, 0.6) is 5.75 Å². The maximum absolute atomic E-state index is 8.96. The Balaban J connectivity index is 2.30. The van der Waals surface area contributed by atoms with Crippen LogP contribution < -0.4 is 4.74 Å². The molecule has 0 heterocycles. The molecule has 2 rings (SSSR count). The van der Waals surface area contributed by atoms with Gasteiger partial charge in [-0.05, 0) is 37.1 Å². The minimum absolute atomic E-state index is 0.345. The van der Waals surface area contributed by atoms with Gasteiger partial charge in [-0.1, -0.05) is 43.8 Å². The summed E-state index contributed by atoms with van der Waals surface area (Å²) in [6.07, 6.45) is 1.02. The van der Waals surface area contributed by atoms with E-state index in [1.165, 1.54) is 0 Å². The maximum Gasteiger partial charge on any atom is 0.123 e. The summed E-state index contributed by atoms with van der Waals surface area (Å²) < 4.78 is 5.48. The van der Waals surface area contributed by atoms with Gasteiger partial charge in [-0.15, -0.1) is 0 Å². The molecule has 0 saturated heterocycles. The zero-order valence-corrected chi connectivity index (χ0v) is 14.6. The van der Waals surface area contributed by atoms with Crippen LogP contribution in [0.4, 0.5) is 0 Å². The van der Waals surface area contributed by atoms with Crippen molar-refractivity contribution >= 4 is 5.70 Å². The third kappa shape index (κ3) is 3.97. The summed E-state index contributed by atoms with van der Waals surface area (Å²) in [7, 11) is 1.70. The van der Waals surface area contributed by atoms with Gasteiger partial charge >= 0.3 is 0 Å². The van der Waals surface area contributed by atoms with Crippen molar-refractivity contribution in [1.29, 1.82) is 5.26 Å². The molecule has 1 unspecified atom stereocenters. The van der Waals surface area contributed by atoms with E-state index in [4.69, 9.17) is 10.00 Å². The molecular weight excluding hydrogens is 296 g/mol. The van der Waals surface area contributed by atoms with Gasteiger partial charge < -0.3 is 9.64 Å². The average molecular weight is 320 g/mol. The van der Waals surface area contributed by atoms with E-state index in [9.17, 15) is 0 Å². The molecular formula is C21H24N2O. The molecule has 0 amide bonds. The number of para-hydroxylation sites is 1. The summed E-state index contributed by atoms with van der Waals surface area (Å²) in [6, 6.07) is 18.1. The molecule has 24 heavy (non-hydrogen) atoms. The van der Waals surface area contributed by atoms with Gasteiger partial charge in [0.1, 0.15) is 5.75 Å². The fourth-order valence-electron chi connectivity index (χ4n) is 2.66. The Hall–Kier alpha value is -2.73. The molecule has 0 bridgehead atoms. The Morgan fingerprint density at radius 3 is 2.46 bits per heavy atom. The van der Waals surface area contributed by atoms with Crippen molar-refractivity contribution in [2.24, 2.45) is 0 Å². The van der Waals surface area contributed by atoms with Gasteiger partial charge in [-0.3, -0.25) is 0 Å². The highest BCUT2D eigenvalue weighted by atomic mass is 16.5. The Morgan fingerprint density at radius 1 is 1.21 bits per heavy atom. The lowest BCUT2D eigenvalue weighted by atomic mass is 10.1. The zero-order chi connectivity index (χ0) is 17.5. The first-order valence-corrected chi connectivity index (χ1v) is 8.18. The van der Waals surface area contributed by atoms with Gasteiger partial charge in [0.05, 0.1) is 18.7 Å². The van der Waals surface area contributed by atoms with Crippen molar-refractivity contribution in [1.82, 2.24) is 4.90 Å². The standard InChI is InChI=1S/C21H24N2O/c1-5-16(2)23(15-20-8-6-7-9-21(20)24-4)17(3)19-12-10-18(14-22)11-13-19/h6-13,16H,3,5,15H2,1-2,4H3. The van der Waals surface area contributed by atoms with E-state index in [0.29, 0.717) is 11.6 Å². The number of hydrogen-bond donors (Lipinski definition) is 0. The lowest BCUT2D eigenvalue weighted by Gasteiger charge is -2.33. The van der Waals surface area contributed by atoms with Crippen molar-refractivity contribution in [3.05, 3.63) is 71.8 Å². The monoisotopic (exact) mass is 320 g/mol. The second-order valence-corrected chi connectivity index (χ2v) is 5.83. The number of rotatable bonds is 7. The number of benzene rings is 2. The van der Waals surface area contributed by atoms with Crippen LogP contribution in [0.2, 0.25) is 0 Å². The van der Waals surface area contributed by atoms with E-state index in [2.05, 4.69) is 37.5 Å². The summed E-state index contributed by atoms with van der Waals surface area (Å²) in [5.41, 5.74) is 3.78. The number of methoxy groups -OCH3 is 1. The molecule has 124 valence electrons. The smallest absolute Gasteiger partial charge is 0.123 e. The van der Waals surface area contributed by atoms with Crippen molar-refractivity contribution in [2.45, 2.75) is 32.9 Å². The van der Waals surface area contributed by atoms with E-state index < -0.39 is 0 Å². The molecule has 0 saturated carbocycles. The fourth-order valence-corrected chi connectivity index (χ4v) is 2.66. The maximum atomic E-state index is 8.96. The molecule has 3 nitrogen and oxygen atoms in total. The molecule has 3 heteroatoms. The fraction of sp³-hybridized carbons (Fsp3) is 0.286. The van der Waals surface area contributed by atoms with Gasteiger partial charge in [0.15, 0.2) is 0 Å². The molecule has 0 aliphatic heterocycles. The van der Waals surface area contributed by atoms with Crippen LogP contribution in [0, 0.1) is 11.3 Å². The van der Waals surface area contributed by atoms with Crippen molar-refractivity contribution in [2.75, 3.05) is 7.11 Å². The second kappa shape index (κ2) is 8.21. The second-order valence-electron chi connectivity index (χ2n) is 5.83. The minimum Gasteiger partial charge on any atom is -0.496 e. The largest absolute Gasteiger partial charge is 0.496 e. The van der Waals surface area contributed by atoms with E-state index in [-0.39, 0.29) is 0 Å². The molecule has 0 aliphatic carbocycles. The molecule has 0 N–H and O–H groups in total. The van der Waals surface area contributed by atoms with Crippen molar-refractivity contribution in [3.8, 4) is 11.8 Å². The summed E-state index contributed by atoms with van der Waals surface area (Å²) in [4.78, 5) is 2.29. The van der Waals surface area contributed by atoms with Gasteiger partial charge in [-0.25, -0.2) is 0 Å². The third-order valence-corrected chi connectivity index (χ3v) is 4.35. The first kappa shape index (κ1) is 17.6. The van der Waals surface area contributed by atoms with Crippen LogP contribution in [0.15, 0.2) is 55.1 Å². The van der Waals surface area contributed by atoms with Crippen molar-refractivity contribution < 1.29 is 4.74 Å². The Labute approximate surface area is 144 Å². The minimum atomic E-state index is 0.345. The molecule has 0 aliphatic rings. The normalized spacial score (nSPS) is 11.4. The molecule has 2 aromatic rings. The van der Waals surface area contributed by atoms with Crippen LogP contribution in [-0.4, -0.2) is 18.1 Å². The van der Waals surface area contributed by atoms with Gasteiger partial charge in [0.25, 0.3) is 0 Å². The zero-order valence-electron chi connectivity index (χ0n) is 14.6. The first-order valence-electron chi connectivity index (χ1n) is 8.18. The Morgan fingerprint density at radius 2 is 1.88 bits per heavy atom. The van der Waals surface area contributed by atoms with Crippen molar-refractivity contribution in [3.63, 3.8) is 0 Å². The van der Waals surface area contributed by atoms with Crippen LogP contribution in [0.1, 0.15) is 37.0 Å². The lowest BCUT2D eigenvalue weighted by molar-refractivity contribution is 0.291. The SMILES string of the molecule is C=C(c1ccc(C#N)cc1)N(Cc1ccccc1OC)C(C)CC. The Kier molecular flexibility index (Phi) is 6.03. The predicted molar refractivity (Wildman–Crippen MR) is 98.5 cm³/mol. The van der Waals surface area contributed by atoms with Crippen LogP contribution in [0.3, 0.4) is 0 Å². The number of ether oxygens (including phenoxy) is 1. The van der Waals surface area contributed by atoms with Gasteiger partial charge in [0, 0.05) is 23.8 Å². The highest BCUT2D eigenvalue weighted by Crippen LogP contribution is 2.27. The molecule has 1 atom stereocenters. The molecule has 0 spiro atoms. The highest BCUT2D eigenvalue weighted by molar-refractivity contribution is 5.63. The molecule has 2 aromatic carbocycles. The predicted octanol–water partition coefficient (Wildman–Crippen LogP) is 4.84. The summed E-state index contributed by atoms with van der Waals surface area (Å²) in [6.45, 7) is 9.41. The molecule has 0 radical (unpaired) electrons. The first-order chi connectivity index (χ1) is 11.6. The average Bonchev–Trinajstić information content (AvgIpc) is 2.65. The van der Waals surface area contributed by atoms with Crippen LogP contribution >= 0.6 is 0 Å². The highest BCUT2D eigenvalue weighted by Gasteiger charge is 2.17. The summed E-state index contributed by atoms with van der Waals surface area (Å²) >= 11 is 0. The number of nitriles is 1. The summed E-state index contributed by atoms with van der Waals surface area (Å²) in [5.74, 6) is 0.887. The third-order valence-electron chi connectivity index (χ3n) is 4.35. The Bertz CT molecular complexity index is 728. The van der Waals surface area contributed by atoms with Gasteiger partial charge in [0.2, 0.25) is 0 Å². The van der Waals surface area contributed by atoms with Crippen LogP contribution in [0.25, 0.3) is 5.70 Å². The topological polar surface area (TPSA) is 36.3 Å². The molecule has 0 fully saturated rings. The molecule has 0 aromatic heterocycles. The quantitative estimate of drug-likeness (QED) is 0.732. The number of hydrogen-bond acceptors (Lipinski definition) is 3.